The molecule has 0 radical (unpaired) electrons. The Balaban J connectivity index is 0.00000176. The van der Waals surface area contributed by atoms with Gasteiger partial charge in [0.05, 0.1) is 24.3 Å². The Bertz CT molecular complexity index is 1260. The molecule has 1 fully saturated rings. The largest absolute Gasteiger partial charge is 0.495 e. The van der Waals surface area contributed by atoms with Crippen molar-refractivity contribution in [3.63, 3.8) is 0 Å². The number of nitrogens with two attached hydrogens (primary N) is 1. The van der Waals surface area contributed by atoms with Crippen LogP contribution < -0.4 is 11.1 Å². The lowest BCUT2D eigenvalue weighted by Gasteiger charge is -2.29. The minimum absolute atomic E-state index is 0.443. The quantitative estimate of drug-likeness (QED) is 0.322. The van der Waals surface area contributed by atoms with Gasteiger partial charge in [0, 0.05) is 55.0 Å². The summed E-state index contributed by atoms with van der Waals surface area (Å²) in [5, 5.41) is 7.91. The Labute approximate surface area is 218 Å². The van der Waals surface area contributed by atoms with Gasteiger partial charge < -0.3 is 20.5 Å². The van der Waals surface area contributed by atoms with Gasteiger partial charge in [-0.2, -0.15) is 5.10 Å². The second-order valence-electron chi connectivity index (χ2n) is 8.29. The summed E-state index contributed by atoms with van der Waals surface area (Å²) in [4.78, 5) is 8.76. The SMILES string of the molecule is C=C1CN(Cc2c(COC)c(-c3ccc(/C(=C\C(C)=C/C)OC)s3)c3c(N)ncnn23)CCN1.CC. The van der Waals surface area contributed by atoms with Crippen LogP contribution in [0.2, 0.25) is 0 Å². The van der Waals surface area contributed by atoms with E-state index in [0.717, 1.165) is 68.8 Å². The van der Waals surface area contributed by atoms with Gasteiger partial charge in [0.25, 0.3) is 0 Å². The second kappa shape index (κ2) is 12.7. The van der Waals surface area contributed by atoms with Crippen molar-refractivity contribution in [2.45, 2.75) is 40.8 Å². The third kappa shape index (κ3) is 5.80. The standard InChI is InChI=1S/C25H32N6O2S.C2H6/c1-6-16(2)11-20(33-5)21-7-8-22(34-21)23-18(14-32-4)19(13-30-10-9-27-17(3)12-30)31-24(23)25(26)28-15-29-31;1-2/h6-8,11,15,27H,3,9-10,12-14H2,1-2,4-5H3,(H2,26,28,29);1-2H3/b16-6-,20-11+;. The molecule has 0 aliphatic carbocycles. The highest BCUT2D eigenvalue weighted by Gasteiger charge is 2.26. The van der Waals surface area contributed by atoms with Gasteiger partial charge in [-0.05, 0) is 32.1 Å². The highest BCUT2D eigenvalue weighted by Crippen LogP contribution is 2.41. The van der Waals surface area contributed by atoms with E-state index in [0.29, 0.717) is 19.0 Å². The first-order chi connectivity index (χ1) is 17.5. The summed E-state index contributed by atoms with van der Waals surface area (Å²) in [5.41, 5.74) is 12.5. The predicted molar refractivity (Wildman–Crippen MR) is 150 cm³/mol. The van der Waals surface area contributed by atoms with Crippen molar-refractivity contribution in [2.24, 2.45) is 0 Å². The fraction of sp³-hybridized carbons (Fsp3) is 0.407. The van der Waals surface area contributed by atoms with Crippen LogP contribution in [0.3, 0.4) is 0 Å². The molecule has 194 valence electrons. The molecule has 4 rings (SSSR count). The molecule has 0 spiro atoms. The van der Waals surface area contributed by atoms with Crippen LogP contribution in [0, 0.1) is 0 Å². The Kier molecular flexibility index (Phi) is 9.69. The lowest BCUT2D eigenvalue weighted by Crippen LogP contribution is -2.41. The van der Waals surface area contributed by atoms with E-state index in [4.69, 9.17) is 15.2 Å². The van der Waals surface area contributed by atoms with Crippen LogP contribution in [0.5, 0.6) is 0 Å². The number of nitrogen functional groups attached to an aromatic ring is 1. The Morgan fingerprint density at radius 1 is 1.31 bits per heavy atom. The number of ether oxygens (including phenoxy) is 2. The Hall–Kier alpha value is -3.14. The van der Waals surface area contributed by atoms with Crippen molar-refractivity contribution in [1.29, 1.82) is 0 Å². The topological polar surface area (TPSA) is 89.9 Å². The van der Waals surface area contributed by atoms with E-state index < -0.39 is 0 Å². The first kappa shape index (κ1) is 27.4. The van der Waals surface area contributed by atoms with Crippen LogP contribution in [0.1, 0.15) is 43.8 Å². The molecule has 0 aromatic carbocycles. The molecule has 9 heteroatoms. The van der Waals surface area contributed by atoms with Crippen LogP contribution in [0.15, 0.2) is 48.5 Å². The Morgan fingerprint density at radius 3 is 2.75 bits per heavy atom. The minimum atomic E-state index is 0.443. The monoisotopic (exact) mass is 510 g/mol. The molecule has 36 heavy (non-hydrogen) atoms. The molecule has 1 aliphatic heterocycles. The number of methoxy groups -OCH3 is 2. The van der Waals surface area contributed by atoms with E-state index in [-0.39, 0.29) is 0 Å². The molecular formula is C27H38N6O2S. The fourth-order valence-corrected chi connectivity index (χ4v) is 5.29. The number of fused-ring (bicyclic) bond motifs is 1. The van der Waals surface area contributed by atoms with Gasteiger partial charge in [0.1, 0.15) is 17.6 Å². The van der Waals surface area contributed by atoms with E-state index in [9.17, 15) is 0 Å². The molecule has 8 nitrogen and oxygen atoms in total. The summed E-state index contributed by atoms with van der Waals surface area (Å²) in [7, 11) is 3.41. The van der Waals surface area contributed by atoms with Gasteiger partial charge in [0.2, 0.25) is 0 Å². The molecule has 3 aromatic rings. The van der Waals surface area contributed by atoms with Crippen molar-refractivity contribution >= 4 is 28.4 Å². The number of anilines is 1. The molecule has 0 bridgehead atoms. The predicted octanol–water partition coefficient (Wildman–Crippen LogP) is 5.09. The Morgan fingerprint density at radius 2 is 2.08 bits per heavy atom. The van der Waals surface area contributed by atoms with E-state index >= 15 is 0 Å². The third-order valence-electron chi connectivity index (χ3n) is 5.97. The van der Waals surface area contributed by atoms with E-state index in [2.05, 4.69) is 52.0 Å². The van der Waals surface area contributed by atoms with Crippen LogP contribution in [-0.4, -0.2) is 53.4 Å². The first-order valence-corrected chi connectivity index (χ1v) is 13.0. The van der Waals surface area contributed by atoms with E-state index in [1.807, 2.05) is 31.4 Å². The maximum Gasteiger partial charge on any atom is 0.152 e. The van der Waals surface area contributed by atoms with E-state index in [1.54, 1.807) is 25.6 Å². The summed E-state index contributed by atoms with van der Waals surface area (Å²) < 4.78 is 13.3. The molecule has 3 aromatic heterocycles. The maximum absolute atomic E-state index is 6.42. The lowest BCUT2D eigenvalue weighted by atomic mass is 10.1. The number of thiophene rings is 1. The molecule has 1 aliphatic rings. The van der Waals surface area contributed by atoms with Crippen molar-refractivity contribution in [1.82, 2.24) is 24.8 Å². The van der Waals surface area contributed by atoms with Crippen molar-refractivity contribution in [2.75, 3.05) is 39.6 Å². The number of nitrogens with zero attached hydrogens (tertiary/aromatic N) is 4. The highest BCUT2D eigenvalue weighted by molar-refractivity contribution is 7.16. The molecule has 0 unspecified atom stereocenters. The average molecular weight is 511 g/mol. The average Bonchev–Trinajstić information content (AvgIpc) is 3.48. The van der Waals surface area contributed by atoms with Crippen molar-refractivity contribution < 1.29 is 9.47 Å². The van der Waals surface area contributed by atoms with Crippen LogP contribution in [-0.2, 0) is 22.6 Å². The minimum Gasteiger partial charge on any atom is -0.495 e. The summed E-state index contributed by atoms with van der Waals surface area (Å²) in [5.74, 6) is 1.27. The van der Waals surface area contributed by atoms with Gasteiger partial charge in [-0.3, -0.25) is 4.90 Å². The molecule has 0 amide bonds. The third-order valence-corrected chi connectivity index (χ3v) is 7.09. The first-order valence-electron chi connectivity index (χ1n) is 12.2. The molecule has 1 saturated heterocycles. The normalized spacial score (nSPS) is 15.0. The summed E-state index contributed by atoms with van der Waals surface area (Å²) in [6, 6.07) is 4.19. The highest BCUT2D eigenvalue weighted by atomic mass is 32.1. The summed E-state index contributed by atoms with van der Waals surface area (Å²) in [6.45, 7) is 15.9. The van der Waals surface area contributed by atoms with Gasteiger partial charge in [-0.25, -0.2) is 9.50 Å². The van der Waals surface area contributed by atoms with Crippen molar-refractivity contribution in [3.8, 4) is 10.4 Å². The zero-order valence-corrected chi connectivity index (χ0v) is 23.0. The fourth-order valence-electron chi connectivity index (χ4n) is 4.22. The number of aromatic nitrogens is 3. The maximum atomic E-state index is 6.42. The molecule has 0 saturated carbocycles. The van der Waals surface area contributed by atoms with Gasteiger partial charge in [0.15, 0.2) is 5.82 Å². The molecule has 0 atom stereocenters. The van der Waals surface area contributed by atoms with Crippen LogP contribution >= 0.6 is 11.3 Å². The summed E-state index contributed by atoms with van der Waals surface area (Å²) >= 11 is 1.66. The zero-order valence-electron chi connectivity index (χ0n) is 22.2. The number of piperazine rings is 1. The van der Waals surface area contributed by atoms with Crippen LogP contribution in [0.4, 0.5) is 5.82 Å². The van der Waals surface area contributed by atoms with E-state index in [1.165, 1.54) is 6.33 Å². The number of rotatable bonds is 8. The van der Waals surface area contributed by atoms with Crippen molar-refractivity contribution in [3.05, 3.63) is 64.6 Å². The number of hydrogen-bond acceptors (Lipinski definition) is 8. The molecule has 3 N–H and O–H groups in total. The lowest BCUT2D eigenvalue weighted by molar-refractivity contribution is 0.182. The van der Waals surface area contributed by atoms with Gasteiger partial charge in [-0.15, -0.1) is 11.3 Å². The number of allylic oxidation sites excluding steroid dienone is 3. The van der Waals surface area contributed by atoms with Crippen LogP contribution in [0.25, 0.3) is 21.7 Å². The second-order valence-corrected chi connectivity index (χ2v) is 9.37. The smallest absolute Gasteiger partial charge is 0.152 e. The molecule has 4 heterocycles. The number of nitrogens with one attached hydrogen (secondary N) is 1. The molecular weight excluding hydrogens is 472 g/mol. The summed E-state index contributed by atoms with van der Waals surface area (Å²) in [6.07, 6.45) is 5.61. The van der Waals surface area contributed by atoms with Gasteiger partial charge in [-0.1, -0.05) is 32.1 Å². The van der Waals surface area contributed by atoms with Gasteiger partial charge >= 0.3 is 0 Å². The zero-order chi connectivity index (χ0) is 26.2. The number of hydrogen-bond donors (Lipinski definition) is 2.